The predicted molar refractivity (Wildman–Crippen MR) is 141 cm³/mol. The van der Waals surface area contributed by atoms with Crippen molar-refractivity contribution in [3.8, 4) is 11.4 Å². The van der Waals surface area contributed by atoms with Crippen LogP contribution in [0.3, 0.4) is 0 Å². The van der Waals surface area contributed by atoms with E-state index in [-0.39, 0.29) is 17.6 Å². The zero-order valence-electron chi connectivity index (χ0n) is 21.7. The van der Waals surface area contributed by atoms with Crippen LogP contribution in [-0.2, 0) is 5.92 Å². The van der Waals surface area contributed by atoms with Crippen LogP contribution in [-0.4, -0.2) is 57.9 Å². The number of amides is 2. The van der Waals surface area contributed by atoms with E-state index < -0.39 is 11.8 Å². The van der Waals surface area contributed by atoms with Crippen molar-refractivity contribution in [2.75, 3.05) is 26.2 Å². The number of benzene rings is 2. The maximum Gasteiger partial charge on any atom is 0.343 e. The van der Waals surface area contributed by atoms with Crippen molar-refractivity contribution in [2.45, 2.75) is 33.1 Å². The molecule has 3 aromatic rings. The Morgan fingerprint density at radius 3 is 2.29 bits per heavy atom. The van der Waals surface area contributed by atoms with Gasteiger partial charge in [0.15, 0.2) is 0 Å². The van der Waals surface area contributed by atoms with Gasteiger partial charge in [-0.05, 0) is 61.7 Å². The van der Waals surface area contributed by atoms with Gasteiger partial charge in [-0.1, -0.05) is 48.5 Å². The Labute approximate surface area is 220 Å². The maximum absolute atomic E-state index is 14.0. The van der Waals surface area contributed by atoms with Crippen LogP contribution in [0.25, 0.3) is 17.5 Å². The third-order valence-corrected chi connectivity index (χ3v) is 6.36. The number of carbonyl (C=O) groups excluding carboxylic acids is 2. The largest absolute Gasteiger partial charge is 0.343 e. The van der Waals surface area contributed by atoms with Crippen LogP contribution in [0.2, 0.25) is 0 Å². The third kappa shape index (κ3) is 5.88. The second-order valence-corrected chi connectivity index (χ2v) is 9.09. The Kier molecular flexibility index (Phi) is 8.14. The summed E-state index contributed by atoms with van der Waals surface area (Å²) in [6.07, 6.45) is 6.97. The molecule has 0 radical (unpaired) electrons. The molecule has 4 rings (SSSR count). The average molecular weight is 521 g/mol. The number of hydrogen-bond acceptors (Lipinski definition) is 5. The van der Waals surface area contributed by atoms with Crippen LogP contribution >= 0.6 is 0 Å². The molecule has 38 heavy (non-hydrogen) atoms. The minimum Gasteiger partial charge on any atom is -0.335 e. The SMILES string of the molecule is C/C=C/C(F)(F)c1nc(-c2cccc(C(=O)N3CCN(C(=O)c4ccc(/C=C\CC)c(C)c4)CC3)c2)no1. The first-order valence-electron chi connectivity index (χ1n) is 12.6. The van der Waals surface area contributed by atoms with Crippen molar-refractivity contribution < 1.29 is 22.9 Å². The van der Waals surface area contributed by atoms with E-state index in [4.69, 9.17) is 4.52 Å². The molecule has 1 saturated heterocycles. The first kappa shape index (κ1) is 26.9. The van der Waals surface area contributed by atoms with Crippen LogP contribution < -0.4 is 0 Å². The van der Waals surface area contributed by atoms with Gasteiger partial charge in [-0.2, -0.15) is 13.8 Å². The van der Waals surface area contributed by atoms with E-state index in [9.17, 15) is 18.4 Å². The highest BCUT2D eigenvalue weighted by Crippen LogP contribution is 2.30. The van der Waals surface area contributed by atoms with Gasteiger partial charge in [0.25, 0.3) is 11.8 Å². The molecule has 7 nitrogen and oxygen atoms in total. The molecule has 198 valence electrons. The van der Waals surface area contributed by atoms with Gasteiger partial charge in [0.1, 0.15) is 0 Å². The number of aromatic nitrogens is 2. The molecular formula is C29H30F2N4O3. The molecule has 0 saturated carbocycles. The molecule has 2 aromatic carbocycles. The normalized spacial score (nSPS) is 14.6. The number of carbonyl (C=O) groups is 2. The molecule has 0 atom stereocenters. The molecule has 2 amide bonds. The Hall–Kier alpha value is -4.14. The van der Waals surface area contributed by atoms with Gasteiger partial charge in [-0.3, -0.25) is 9.59 Å². The fourth-order valence-corrected chi connectivity index (χ4v) is 4.27. The fourth-order valence-electron chi connectivity index (χ4n) is 4.27. The summed E-state index contributed by atoms with van der Waals surface area (Å²) in [5.74, 6) is -4.50. The van der Waals surface area contributed by atoms with Crippen LogP contribution in [0.1, 0.15) is 58.0 Å². The lowest BCUT2D eigenvalue weighted by molar-refractivity contribution is 0.0158. The molecule has 0 unspecified atom stereocenters. The summed E-state index contributed by atoms with van der Waals surface area (Å²) in [5, 5.41) is 3.66. The number of halogens is 2. The van der Waals surface area contributed by atoms with Crippen LogP contribution in [0.5, 0.6) is 0 Å². The van der Waals surface area contributed by atoms with Crippen molar-refractivity contribution in [3.63, 3.8) is 0 Å². The number of aryl methyl sites for hydroxylation is 1. The van der Waals surface area contributed by atoms with Gasteiger partial charge < -0.3 is 14.3 Å². The standard InChI is InChI=1S/C29H30F2N4O3/c1-4-6-8-21-11-12-24(18-20(21)3)27(37)35-16-14-34(15-17-35)26(36)23-10-7-9-22(19-23)25-32-28(38-33-25)29(30,31)13-5-2/h5-13,18-19H,4,14-17H2,1-3H3/b8-6-,13-5+. The molecule has 2 heterocycles. The smallest absolute Gasteiger partial charge is 0.335 e. The van der Waals surface area contributed by atoms with Gasteiger partial charge in [0.05, 0.1) is 0 Å². The highest BCUT2D eigenvalue weighted by atomic mass is 19.3. The summed E-state index contributed by atoms with van der Waals surface area (Å²) in [4.78, 5) is 33.5. The van der Waals surface area contributed by atoms with Crippen molar-refractivity contribution in [2.24, 2.45) is 0 Å². The quantitative estimate of drug-likeness (QED) is 0.372. The number of nitrogens with zero attached hydrogens (tertiary/aromatic N) is 4. The lowest BCUT2D eigenvalue weighted by Crippen LogP contribution is -2.50. The Bertz CT molecular complexity index is 1370. The van der Waals surface area contributed by atoms with Crippen LogP contribution in [0.15, 0.2) is 65.2 Å². The summed E-state index contributed by atoms with van der Waals surface area (Å²) < 4.78 is 32.8. The molecule has 1 aliphatic rings. The second-order valence-electron chi connectivity index (χ2n) is 9.09. The molecule has 0 N–H and O–H groups in total. The van der Waals surface area contributed by atoms with E-state index in [1.54, 1.807) is 34.1 Å². The predicted octanol–water partition coefficient (Wildman–Crippen LogP) is 5.73. The molecule has 1 fully saturated rings. The van der Waals surface area contributed by atoms with E-state index in [1.807, 2.05) is 25.1 Å². The van der Waals surface area contributed by atoms with E-state index >= 15 is 0 Å². The minimum absolute atomic E-state index is 0.0271. The van der Waals surface area contributed by atoms with E-state index in [2.05, 4.69) is 29.2 Å². The number of rotatable bonds is 7. The number of piperazine rings is 1. The Morgan fingerprint density at radius 2 is 1.68 bits per heavy atom. The molecular weight excluding hydrogens is 490 g/mol. The topological polar surface area (TPSA) is 79.5 Å². The minimum atomic E-state index is -3.38. The molecule has 0 aliphatic carbocycles. The average Bonchev–Trinajstić information content (AvgIpc) is 3.43. The molecule has 1 aromatic heterocycles. The number of hydrogen-bond donors (Lipinski definition) is 0. The van der Waals surface area contributed by atoms with Crippen molar-refractivity contribution in [1.82, 2.24) is 19.9 Å². The zero-order chi connectivity index (χ0) is 27.3. The number of alkyl halides is 2. The van der Waals surface area contributed by atoms with Crippen molar-refractivity contribution >= 4 is 17.9 Å². The molecule has 0 spiro atoms. The van der Waals surface area contributed by atoms with Gasteiger partial charge in [0.2, 0.25) is 5.82 Å². The second kappa shape index (κ2) is 11.5. The molecule has 0 bridgehead atoms. The molecule has 1 aliphatic heterocycles. The summed E-state index contributed by atoms with van der Waals surface area (Å²) in [6.45, 7) is 7.12. The van der Waals surface area contributed by atoms with Gasteiger partial charge in [0, 0.05) is 42.9 Å². The summed E-state index contributed by atoms with van der Waals surface area (Å²) >= 11 is 0. The summed E-state index contributed by atoms with van der Waals surface area (Å²) in [7, 11) is 0. The third-order valence-electron chi connectivity index (χ3n) is 6.36. The Balaban J connectivity index is 1.41. The van der Waals surface area contributed by atoms with E-state index in [0.717, 1.165) is 17.5 Å². The fraction of sp³-hybridized carbons (Fsp3) is 0.310. The van der Waals surface area contributed by atoms with Crippen molar-refractivity contribution in [3.05, 3.63) is 88.8 Å². The van der Waals surface area contributed by atoms with Crippen LogP contribution in [0, 0.1) is 6.92 Å². The highest BCUT2D eigenvalue weighted by Gasteiger charge is 2.35. The highest BCUT2D eigenvalue weighted by molar-refractivity contribution is 5.96. The summed E-state index contributed by atoms with van der Waals surface area (Å²) in [5.41, 5.74) is 3.52. The first-order chi connectivity index (χ1) is 18.2. The first-order valence-corrected chi connectivity index (χ1v) is 12.6. The number of allylic oxidation sites excluding steroid dienone is 3. The zero-order valence-corrected chi connectivity index (χ0v) is 21.7. The monoisotopic (exact) mass is 520 g/mol. The lowest BCUT2D eigenvalue weighted by atomic mass is 10.0. The van der Waals surface area contributed by atoms with E-state index in [0.29, 0.717) is 48.9 Å². The molecule has 9 heteroatoms. The maximum atomic E-state index is 14.0. The van der Waals surface area contributed by atoms with Gasteiger partial charge >= 0.3 is 11.8 Å². The summed E-state index contributed by atoms with van der Waals surface area (Å²) in [6, 6.07) is 12.2. The van der Waals surface area contributed by atoms with Gasteiger partial charge in [-0.15, -0.1) is 0 Å². The van der Waals surface area contributed by atoms with Crippen molar-refractivity contribution in [1.29, 1.82) is 0 Å². The van der Waals surface area contributed by atoms with E-state index in [1.165, 1.54) is 13.0 Å². The lowest BCUT2D eigenvalue weighted by Gasteiger charge is -2.35. The van der Waals surface area contributed by atoms with Crippen LogP contribution in [0.4, 0.5) is 8.78 Å². The Morgan fingerprint density at radius 1 is 1.03 bits per heavy atom. The van der Waals surface area contributed by atoms with Gasteiger partial charge in [-0.25, -0.2) is 0 Å².